The van der Waals surface area contributed by atoms with E-state index >= 15 is 0 Å². The lowest BCUT2D eigenvalue weighted by molar-refractivity contribution is 0.976. The van der Waals surface area contributed by atoms with E-state index in [2.05, 4.69) is 9.97 Å². The molecule has 0 saturated carbocycles. The fourth-order valence-electron chi connectivity index (χ4n) is 2.18. The van der Waals surface area contributed by atoms with Crippen molar-refractivity contribution in [2.75, 3.05) is 0 Å². The highest BCUT2D eigenvalue weighted by Crippen LogP contribution is 2.26. The summed E-state index contributed by atoms with van der Waals surface area (Å²) in [6, 6.07) is 7.56. The highest BCUT2D eigenvalue weighted by atomic mass is 35.5. The van der Waals surface area contributed by atoms with Gasteiger partial charge in [0, 0.05) is 16.3 Å². The van der Waals surface area contributed by atoms with Crippen molar-refractivity contribution in [1.82, 2.24) is 9.97 Å². The van der Waals surface area contributed by atoms with Crippen LogP contribution in [0.5, 0.6) is 0 Å². The molecule has 0 atom stereocenters. The van der Waals surface area contributed by atoms with Crippen molar-refractivity contribution < 1.29 is 0 Å². The zero-order valence-corrected chi connectivity index (χ0v) is 12.7. The van der Waals surface area contributed by atoms with Gasteiger partial charge in [-0.2, -0.15) is 0 Å². The van der Waals surface area contributed by atoms with Gasteiger partial charge in [0.1, 0.15) is 10.7 Å². The number of halogens is 1. The Morgan fingerprint density at radius 1 is 1.25 bits per heavy atom. The summed E-state index contributed by atoms with van der Waals surface area (Å²) in [5, 5.41) is 1.42. The summed E-state index contributed by atoms with van der Waals surface area (Å²) < 4.78 is 0. The number of hydrogen-bond acceptors (Lipinski definition) is 3. The molecule has 0 saturated heterocycles. The molecule has 0 spiro atoms. The van der Waals surface area contributed by atoms with Gasteiger partial charge in [0.15, 0.2) is 0 Å². The van der Waals surface area contributed by atoms with Crippen molar-refractivity contribution in [2.24, 2.45) is 0 Å². The molecule has 2 heterocycles. The first kappa shape index (κ1) is 13.3. The summed E-state index contributed by atoms with van der Waals surface area (Å²) in [6.07, 6.45) is 0.596. The van der Waals surface area contributed by atoms with E-state index in [-0.39, 0.29) is 5.56 Å². The number of hydrogen-bond donors (Lipinski definition) is 1. The Balaban J connectivity index is 2.05. The molecule has 0 aliphatic rings. The molecule has 0 aliphatic heterocycles. The minimum absolute atomic E-state index is 0.0548. The van der Waals surface area contributed by atoms with E-state index in [1.54, 1.807) is 11.3 Å². The van der Waals surface area contributed by atoms with Crippen LogP contribution in [0.3, 0.4) is 0 Å². The van der Waals surface area contributed by atoms with Gasteiger partial charge in [-0.05, 0) is 37.1 Å². The lowest BCUT2D eigenvalue weighted by Gasteiger charge is -2.02. The summed E-state index contributed by atoms with van der Waals surface area (Å²) >= 11 is 7.43. The zero-order valence-electron chi connectivity index (χ0n) is 11.2. The van der Waals surface area contributed by atoms with Crippen LogP contribution in [0.4, 0.5) is 0 Å². The maximum absolute atomic E-state index is 12.2. The van der Waals surface area contributed by atoms with Crippen LogP contribution in [0.1, 0.15) is 21.8 Å². The van der Waals surface area contributed by atoms with Crippen LogP contribution in [0.25, 0.3) is 10.2 Å². The standard InChI is InChI=1S/C15H13ClN2OS/c1-8-9(2)20-15-13(8)14(19)17-12(18-15)7-10-3-5-11(16)6-4-10/h3-6H,7H2,1-2H3,(H,17,18,19). The highest BCUT2D eigenvalue weighted by Gasteiger charge is 2.11. The second-order valence-corrected chi connectivity index (χ2v) is 6.42. The number of fused-ring (bicyclic) bond motifs is 1. The number of nitrogens with zero attached hydrogens (tertiary/aromatic N) is 1. The number of aromatic nitrogens is 2. The summed E-state index contributed by atoms with van der Waals surface area (Å²) in [5.74, 6) is 0.686. The molecule has 1 N–H and O–H groups in total. The summed E-state index contributed by atoms with van der Waals surface area (Å²) in [7, 11) is 0. The Morgan fingerprint density at radius 3 is 2.65 bits per heavy atom. The minimum atomic E-state index is -0.0548. The topological polar surface area (TPSA) is 45.8 Å². The van der Waals surface area contributed by atoms with E-state index < -0.39 is 0 Å². The Hall–Kier alpha value is -1.65. The molecule has 102 valence electrons. The molecule has 0 radical (unpaired) electrons. The van der Waals surface area contributed by atoms with Crippen molar-refractivity contribution in [2.45, 2.75) is 20.3 Å². The first-order valence-electron chi connectivity index (χ1n) is 6.28. The van der Waals surface area contributed by atoms with Crippen LogP contribution >= 0.6 is 22.9 Å². The first-order valence-corrected chi connectivity index (χ1v) is 7.47. The number of aryl methyl sites for hydroxylation is 2. The Labute approximate surface area is 125 Å². The predicted molar refractivity (Wildman–Crippen MR) is 84.0 cm³/mol. The quantitative estimate of drug-likeness (QED) is 0.781. The van der Waals surface area contributed by atoms with Gasteiger partial charge in [-0.25, -0.2) is 4.98 Å². The van der Waals surface area contributed by atoms with Gasteiger partial charge >= 0.3 is 0 Å². The van der Waals surface area contributed by atoms with E-state index in [0.29, 0.717) is 22.7 Å². The average Bonchev–Trinajstić information content (AvgIpc) is 2.68. The smallest absolute Gasteiger partial charge is 0.259 e. The first-order chi connectivity index (χ1) is 9.54. The average molecular weight is 305 g/mol. The second kappa shape index (κ2) is 5.04. The number of thiophene rings is 1. The van der Waals surface area contributed by atoms with E-state index in [1.165, 1.54) is 0 Å². The molecular weight excluding hydrogens is 292 g/mol. The van der Waals surface area contributed by atoms with Gasteiger partial charge in [0.25, 0.3) is 5.56 Å². The van der Waals surface area contributed by atoms with Gasteiger partial charge in [-0.3, -0.25) is 4.79 Å². The van der Waals surface area contributed by atoms with Crippen molar-refractivity contribution in [3.05, 3.63) is 61.5 Å². The highest BCUT2D eigenvalue weighted by molar-refractivity contribution is 7.18. The molecule has 3 aromatic rings. The lowest BCUT2D eigenvalue weighted by atomic mass is 10.1. The molecule has 5 heteroatoms. The SMILES string of the molecule is Cc1sc2nc(Cc3ccc(Cl)cc3)[nH]c(=O)c2c1C. The number of rotatable bonds is 2. The third kappa shape index (κ3) is 2.37. The monoisotopic (exact) mass is 304 g/mol. The number of nitrogens with one attached hydrogen (secondary N) is 1. The van der Waals surface area contributed by atoms with Crippen LogP contribution in [-0.2, 0) is 6.42 Å². The molecule has 2 aromatic heterocycles. The number of H-pyrrole nitrogens is 1. The lowest BCUT2D eigenvalue weighted by Crippen LogP contribution is -2.11. The van der Waals surface area contributed by atoms with E-state index in [4.69, 9.17) is 11.6 Å². The maximum atomic E-state index is 12.2. The van der Waals surface area contributed by atoms with Gasteiger partial charge < -0.3 is 4.98 Å². The van der Waals surface area contributed by atoms with Crippen LogP contribution in [0.15, 0.2) is 29.1 Å². The minimum Gasteiger partial charge on any atom is -0.310 e. The van der Waals surface area contributed by atoms with Gasteiger partial charge in [-0.15, -0.1) is 11.3 Å². The summed E-state index contributed by atoms with van der Waals surface area (Å²) in [5.41, 5.74) is 2.04. The third-order valence-electron chi connectivity index (χ3n) is 3.37. The molecule has 0 amide bonds. The van der Waals surface area contributed by atoms with Crippen molar-refractivity contribution >= 4 is 33.2 Å². The predicted octanol–water partition coefficient (Wildman–Crippen LogP) is 3.85. The number of benzene rings is 1. The van der Waals surface area contributed by atoms with Crippen LogP contribution in [0, 0.1) is 13.8 Å². The summed E-state index contributed by atoms with van der Waals surface area (Å²) in [6.45, 7) is 3.98. The molecule has 3 nitrogen and oxygen atoms in total. The molecule has 0 bridgehead atoms. The fourth-order valence-corrected chi connectivity index (χ4v) is 3.35. The second-order valence-electron chi connectivity index (χ2n) is 4.78. The molecular formula is C15H13ClN2OS. The van der Waals surface area contributed by atoms with Crippen LogP contribution in [0.2, 0.25) is 5.02 Å². The molecule has 20 heavy (non-hydrogen) atoms. The Bertz CT molecular complexity index is 833. The molecule has 1 aromatic carbocycles. The molecule has 0 unspecified atom stereocenters. The van der Waals surface area contributed by atoms with Crippen molar-refractivity contribution in [1.29, 1.82) is 0 Å². The van der Waals surface area contributed by atoms with Crippen LogP contribution in [-0.4, -0.2) is 9.97 Å². The van der Waals surface area contributed by atoms with E-state index in [9.17, 15) is 4.79 Å². The fraction of sp³-hybridized carbons (Fsp3) is 0.200. The van der Waals surface area contributed by atoms with Crippen molar-refractivity contribution in [3.63, 3.8) is 0 Å². The van der Waals surface area contributed by atoms with Crippen molar-refractivity contribution in [3.8, 4) is 0 Å². The zero-order chi connectivity index (χ0) is 14.3. The number of aromatic amines is 1. The molecule has 0 aliphatic carbocycles. The molecule has 3 rings (SSSR count). The third-order valence-corrected chi connectivity index (χ3v) is 4.73. The van der Waals surface area contributed by atoms with E-state index in [0.717, 1.165) is 20.8 Å². The maximum Gasteiger partial charge on any atom is 0.259 e. The van der Waals surface area contributed by atoms with Gasteiger partial charge in [0.2, 0.25) is 0 Å². The Kier molecular flexibility index (Phi) is 3.36. The van der Waals surface area contributed by atoms with Gasteiger partial charge in [-0.1, -0.05) is 23.7 Å². The summed E-state index contributed by atoms with van der Waals surface area (Å²) in [4.78, 5) is 21.6. The normalized spacial score (nSPS) is 11.2. The largest absolute Gasteiger partial charge is 0.310 e. The Morgan fingerprint density at radius 2 is 1.95 bits per heavy atom. The van der Waals surface area contributed by atoms with Crippen LogP contribution < -0.4 is 5.56 Å². The van der Waals surface area contributed by atoms with Gasteiger partial charge in [0.05, 0.1) is 5.39 Å². The van der Waals surface area contributed by atoms with E-state index in [1.807, 2.05) is 38.1 Å². The molecule has 0 fully saturated rings.